The number of hydrogen-bond acceptors (Lipinski definition) is 3. The van der Waals surface area contributed by atoms with E-state index in [0.717, 1.165) is 10.2 Å². The second kappa shape index (κ2) is 6.97. The number of rotatable bonds is 4. The molecule has 0 aliphatic heterocycles. The summed E-state index contributed by atoms with van der Waals surface area (Å²) in [5.41, 5.74) is 1.66. The Morgan fingerprint density at radius 1 is 1.21 bits per heavy atom. The molecule has 6 heteroatoms. The minimum absolute atomic E-state index is 0.255. The van der Waals surface area contributed by atoms with Crippen molar-refractivity contribution in [1.82, 2.24) is 9.78 Å². The first-order valence-electron chi connectivity index (χ1n) is 7.39. The molecule has 0 saturated heterocycles. The van der Waals surface area contributed by atoms with Gasteiger partial charge in [-0.25, -0.2) is 13.9 Å². The van der Waals surface area contributed by atoms with Gasteiger partial charge in [-0.15, -0.1) is 0 Å². The van der Waals surface area contributed by atoms with Crippen LogP contribution in [0.4, 0.5) is 4.39 Å². The van der Waals surface area contributed by atoms with E-state index in [1.165, 1.54) is 16.8 Å². The molecule has 0 atom stereocenters. The van der Waals surface area contributed by atoms with Gasteiger partial charge >= 0.3 is 5.97 Å². The molecule has 122 valence electrons. The van der Waals surface area contributed by atoms with E-state index in [-0.39, 0.29) is 11.7 Å². The maximum absolute atomic E-state index is 13.5. The van der Waals surface area contributed by atoms with E-state index in [0.29, 0.717) is 17.7 Å². The normalized spacial score (nSPS) is 10.6. The number of ether oxygens (including phenoxy) is 1. The zero-order valence-corrected chi connectivity index (χ0v) is 14.5. The van der Waals surface area contributed by atoms with Crippen LogP contribution < -0.4 is 4.74 Å². The Bertz CT molecular complexity index is 875. The van der Waals surface area contributed by atoms with Gasteiger partial charge in [0.15, 0.2) is 0 Å². The molecule has 2 aromatic carbocycles. The quantitative estimate of drug-likeness (QED) is 0.615. The summed E-state index contributed by atoms with van der Waals surface area (Å²) in [6, 6.07) is 14.5. The molecule has 0 N–H and O–H groups in total. The molecule has 1 aromatic heterocycles. The van der Waals surface area contributed by atoms with Gasteiger partial charge in [0.25, 0.3) is 0 Å². The fraction of sp³-hybridized carbons (Fsp3) is 0.111. The fourth-order valence-corrected chi connectivity index (χ4v) is 2.45. The number of carbonyl (C=O) groups excluding carboxylic acids is 1. The molecule has 0 radical (unpaired) electrons. The first kappa shape index (κ1) is 16.4. The van der Waals surface area contributed by atoms with Crippen LogP contribution in [0.5, 0.6) is 5.88 Å². The third kappa shape index (κ3) is 3.54. The van der Waals surface area contributed by atoms with Gasteiger partial charge in [0.1, 0.15) is 5.82 Å². The second-order valence-electron chi connectivity index (χ2n) is 5.12. The molecule has 3 rings (SSSR count). The Morgan fingerprint density at radius 2 is 1.96 bits per heavy atom. The molecule has 0 bridgehead atoms. The highest BCUT2D eigenvalue weighted by Gasteiger charge is 2.16. The van der Waals surface area contributed by atoms with E-state index in [1.807, 2.05) is 6.92 Å². The number of aromatic nitrogens is 2. The van der Waals surface area contributed by atoms with Crippen LogP contribution in [0.1, 0.15) is 23.0 Å². The summed E-state index contributed by atoms with van der Waals surface area (Å²) < 4.78 is 21.3. The Kier molecular flexibility index (Phi) is 4.76. The van der Waals surface area contributed by atoms with Gasteiger partial charge in [0.05, 0.1) is 16.9 Å². The Labute approximate surface area is 147 Å². The standard InChI is InChI=1S/C18H14BrFN2O2/c1-2-15-11-17(22(21-15)16-5-3-4-14(20)10-16)24-18(23)12-6-8-13(19)9-7-12/h3-11H,2H2,1H3. The lowest BCUT2D eigenvalue weighted by atomic mass is 10.2. The van der Waals surface area contributed by atoms with Crippen molar-refractivity contribution in [3.05, 3.63) is 76.1 Å². The lowest BCUT2D eigenvalue weighted by molar-refractivity contribution is 0.0723. The van der Waals surface area contributed by atoms with Crippen LogP contribution in [0.3, 0.4) is 0 Å². The van der Waals surface area contributed by atoms with Crippen molar-refractivity contribution >= 4 is 21.9 Å². The van der Waals surface area contributed by atoms with E-state index in [2.05, 4.69) is 21.0 Å². The van der Waals surface area contributed by atoms with Gasteiger partial charge in [0, 0.05) is 10.5 Å². The summed E-state index contributed by atoms with van der Waals surface area (Å²) in [5.74, 6) is -0.626. The zero-order valence-electron chi connectivity index (χ0n) is 12.9. The average molecular weight is 389 g/mol. The molecule has 0 spiro atoms. The van der Waals surface area contributed by atoms with Crippen LogP contribution in [-0.2, 0) is 6.42 Å². The summed E-state index contributed by atoms with van der Waals surface area (Å²) >= 11 is 3.32. The van der Waals surface area contributed by atoms with E-state index < -0.39 is 5.97 Å². The highest BCUT2D eigenvalue weighted by molar-refractivity contribution is 9.10. The van der Waals surface area contributed by atoms with E-state index in [4.69, 9.17) is 4.74 Å². The van der Waals surface area contributed by atoms with Gasteiger partial charge in [0.2, 0.25) is 5.88 Å². The number of aryl methyl sites for hydroxylation is 1. The van der Waals surface area contributed by atoms with Gasteiger partial charge in [-0.1, -0.05) is 28.9 Å². The molecular weight excluding hydrogens is 375 g/mol. The molecule has 4 nitrogen and oxygen atoms in total. The number of carbonyl (C=O) groups is 1. The van der Waals surface area contributed by atoms with Crippen molar-refractivity contribution in [2.24, 2.45) is 0 Å². The third-order valence-electron chi connectivity index (χ3n) is 3.42. The average Bonchev–Trinajstić information content (AvgIpc) is 2.98. The van der Waals surface area contributed by atoms with Crippen molar-refractivity contribution in [2.45, 2.75) is 13.3 Å². The second-order valence-corrected chi connectivity index (χ2v) is 6.03. The molecule has 24 heavy (non-hydrogen) atoms. The number of esters is 1. The SMILES string of the molecule is CCc1cc(OC(=O)c2ccc(Br)cc2)n(-c2cccc(F)c2)n1. The van der Waals surface area contributed by atoms with Crippen molar-refractivity contribution in [3.8, 4) is 11.6 Å². The molecule has 0 unspecified atom stereocenters. The Hall–Kier alpha value is -2.47. The van der Waals surface area contributed by atoms with Crippen LogP contribution >= 0.6 is 15.9 Å². The first-order chi connectivity index (χ1) is 11.6. The van der Waals surface area contributed by atoms with Gasteiger partial charge in [-0.3, -0.25) is 0 Å². The number of hydrogen-bond donors (Lipinski definition) is 0. The topological polar surface area (TPSA) is 44.1 Å². The molecule has 0 saturated carbocycles. The van der Waals surface area contributed by atoms with Crippen molar-refractivity contribution in [1.29, 1.82) is 0 Å². The zero-order chi connectivity index (χ0) is 17.1. The molecule has 0 fully saturated rings. The first-order valence-corrected chi connectivity index (χ1v) is 8.18. The Morgan fingerprint density at radius 3 is 2.62 bits per heavy atom. The monoisotopic (exact) mass is 388 g/mol. The molecule has 0 amide bonds. The van der Waals surface area contributed by atoms with Crippen LogP contribution in [0, 0.1) is 5.82 Å². The summed E-state index contributed by atoms with van der Waals surface area (Å²) in [6.45, 7) is 1.94. The van der Waals surface area contributed by atoms with E-state index in [9.17, 15) is 9.18 Å². The molecule has 1 heterocycles. The summed E-state index contributed by atoms with van der Waals surface area (Å²) in [6.07, 6.45) is 0.672. The number of benzene rings is 2. The van der Waals surface area contributed by atoms with Crippen molar-refractivity contribution in [2.75, 3.05) is 0 Å². The van der Waals surface area contributed by atoms with Gasteiger partial charge in [-0.2, -0.15) is 5.10 Å². The van der Waals surface area contributed by atoms with Crippen LogP contribution in [-0.4, -0.2) is 15.7 Å². The van der Waals surface area contributed by atoms with Gasteiger partial charge < -0.3 is 4.74 Å². The molecule has 3 aromatic rings. The predicted molar refractivity (Wildman–Crippen MR) is 92.0 cm³/mol. The van der Waals surface area contributed by atoms with Crippen LogP contribution in [0.15, 0.2) is 59.1 Å². The minimum Gasteiger partial charge on any atom is -0.404 e. The maximum Gasteiger partial charge on any atom is 0.344 e. The summed E-state index contributed by atoms with van der Waals surface area (Å²) in [4.78, 5) is 12.3. The molecule has 0 aliphatic rings. The summed E-state index contributed by atoms with van der Waals surface area (Å²) in [5, 5.41) is 4.37. The van der Waals surface area contributed by atoms with Crippen LogP contribution in [0.2, 0.25) is 0 Å². The fourth-order valence-electron chi connectivity index (χ4n) is 2.19. The number of nitrogens with zero attached hydrogens (tertiary/aromatic N) is 2. The van der Waals surface area contributed by atoms with Crippen molar-refractivity contribution in [3.63, 3.8) is 0 Å². The third-order valence-corrected chi connectivity index (χ3v) is 3.95. The van der Waals surface area contributed by atoms with E-state index >= 15 is 0 Å². The highest BCUT2D eigenvalue weighted by atomic mass is 79.9. The largest absolute Gasteiger partial charge is 0.404 e. The van der Waals surface area contributed by atoms with E-state index in [1.54, 1.807) is 42.5 Å². The predicted octanol–water partition coefficient (Wildman–Crippen LogP) is 4.56. The highest BCUT2D eigenvalue weighted by Crippen LogP contribution is 2.22. The lowest BCUT2D eigenvalue weighted by Crippen LogP contribution is -2.11. The molecule has 0 aliphatic carbocycles. The minimum atomic E-state index is -0.497. The lowest BCUT2D eigenvalue weighted by Gasteiger charge is -2.08. The van der Waals surface area contributed by atoms with Crippen LogP contribution in [0.25, 0.3) is 5.69 Å². The van der Waals surface area contributed by atoms with Crippen molar-refractivity contribution < 1.29 is 13.9 Å². The summed E-state index contributed by atoms with van der Waals surface area (Å²) in [7, 11) is 0. The number of halogens is 2. The smallest absolute Gasteiger partial charge is 0.344 e. The maximum atomic E-state index is 13.5. The molecular formula is C18H14BrFN2O2. The Balaban J connectivity index is 1.94. The van der Waals surface area contributed by atoms with Gasteiger partial charge in [-0.05, 0) is 48.9 Å².